The van der Waals surface area contributed by atoms with Crippen molar-refractivity contribution >= 4 is 33.2 Å². The molecule has 0 fully saturated rings. The van der Waals surface area contributed by atoms with Crippen LogP contribution < -0.4 is 10.5 Å². The predicted octanol–water partition coefficient (Wildman–Crippen LogP) is -0.228. The van der Waals surface area contributed by atoms with Crippen LogP contribution in [0.15, 0.2) is 29.2 Å². The largest absolute Gasteiger partial charge is 0.468 e. The number of thiocarbonyl (C=S) groups is 1. The molecule has 0 heterocycles. The number of carbonyl (C=O) groups excluding carboxylic acids is 1. The van der Waals surface area contributed by atoms with Crippen LogP contribution in [0.1, 0.15) is 5.56 Å². The lowest BCUT2D eigenvalue weighted by atomic mass is 10.2. The Morgan fingerprint density at radius 3 is 2.61 bits per heavy atom. The number of hydrogen-bond donors (Lipinski definition) is 2. The van der Waals surface area contributed by atoms with Crippen LogP contribution >= 0.6 is 12.2 Å². The van der Waals surface area contributed by atoms with Crippen molar-refractivity contribution in [3.8, 4) is 0 Å². The van der Waals surface area contributed by atoms with Crippen LogP contribution in [0.3, 0.4) is 0 Å². The van der Waals surface area contributed by atoms with Gasteiger partial charge in [-0.2, -0.15) is 4.72 Å². The molecule has 0 amide bonds. The van der Waals surface area contributed by atoms with E-state index in [2.05, 4.69) is 9.46 Å². The first-order valence-corrected chi connectivity index (χ1v) is 6.73. The van der Waals surface area contributed by atoms with Gasteiger partial charge in [0.25, 0.3) is 0 Å². The number of nitrogens with two attached hydrogens (primary N) is 1. The number of esters is 1. The van der Waals surface area contributed by atoms with Gasteiger partial charge in [-0.25, -0.2) is 8.42 Å². The monoisotopic (exact) mass is 288 g/mol. The van der Waals surface area contributed by atoms with Gasteiger partial charge in [-0.3, -0.25) is 4.79 Å². The van der Waals surface area contributed by atoms with Gasteiger partial charge < -0.3 is 10.5 Å². The molecule has 0 aliphatic carbocycles. The van der Waals surface area contributed by atoms with E-state index in [9.17, 15) is 13.2 Å². The van der Waals surface area contributed by atoms with Gasteiger partial charge in [0.2, 0.25) is 10.0 Å². The number of sulfonamides is 1. The van der Waals surface area contributed by atoms with Crippen molar-refractivity contribution in [2.45, 2.75) is 4.90 Å². The van der Waals surface area contributed by atoms with Crippen LogP contribution in [0.25, 0.3) is 0 Å². The Morgan fingerprint density at radius 1 is 1.44 bits per heavy atom. The van der Waals surface area contributed by atoms with Gasteiger partial charge in [0.15, 0.2) is 0 Å². The van der Waals surface area contributed by atoms with Gasteiger partial charge in [-0.1, -0.05) is 30.4 Å². The van der Waals surface area contributed by atoms with Crippen molar-refractivity contribution in [1.82, 2.24) is 4.72 Å². The zero-order chi connectivity index (χ0) is 13.8. The number of methoxy groups -OCH3 is 1. The molecule has 0 saturated heterocycles. The fraction of sp³-hybridized carbons (Fsp3) is 0.200. The van der Waals surface area contributed by atoms with Gasteiger partial charge in [-0.15, -0.1) is 0 Å². The summed E-state index contributed by atoms with van der Waals surface area (Å²) in [5.74, 6) is -0.689. The first-order chi connectivity index (χ1) is 8.38. The second-order valence-electron chi connectivity index (χ2n) is 3.26. The van der Waals surface area contributed by atoms with Crippen LogP contribution in [0.5, 0.6) is 0 Å². The molecule has 0 unspecified atom stereocenters. The Morgan fingerprint density at radius 2 is 2.06 bits per heavy atom. The van der Waals surface area contributed by atoms with E-state index >= 15 is 0 Å². The maximum Gasteiger partial charge on any atom is 0.320 e. The molecule has 6 nitrogen and oxygen atoms in total. The molecule has 0 bridgehead atoms. The first kappa shape index (κ1) is 14.6. The Hall–Kier alpha value is -1.51. The summed E-state index contributed by atoms with van der Waals surface area (Å²) in [6.45, 7) is -0.454. The number of rotatable bonds is 5. The Balaban J connectivity index is 3.05. The van der Waals surface area contributed by atoms with Crippen molar-refractivity contribution < 1.29 is 17.9 Å². The van der Waals surface area contributed by atoms with E-state index in [1.165, 1.54) is 25.3 Å². The molecule has 1 aromatic carbocycles. The van der Waals surface area contributed by atoms with Gasteiger partial charge >= 0.3 is 5.97 Å². The van der Waals surface area contributed by atoms with Crippen LogP contribution in [-0.4, -0.2) is 33.0 Å². The van der Waals surface area contributed by atoms with Crippen molar-refractivity contribution in [3.63, 3.8) is 0 Å². The highest BCUT2D eigenvalue weighted by molar-refractivity contribution is 7.89. The van der Waals surface area contributed by atoms with Crippen LogP contribution in [0.4, 0.5) is 0 Å². The number of nitrogens with one attached hydrogen (secondary N) is 1. The van der Waals surface area contributed by atoms with E-state index < -0.39 is 22.5 Å². The summed E-state index contributed by atoms with van der Waals surface area (Å²) in [6.07, 6.45) is 0. The van der Waals surface area contributed by atoms with Gasteiger partial charge in [0, 0.05) is 5.56 Å². The molecule has 0 aliphatic rings. The second kappa shape index (κ2) is 5.89. The Kier molecular flexibility index (Phi) is 4.76. The lowest BCUT2D eigenvalue weighted by Gasteiger charge is -2.09. The second-order valence-corrected chi connectivity index (χ2v) is 5.44. The maximum atomic E-state index is 11.9. The number of hydrogen-bond acceptors (Lipinski definition) is 5. The fourth-order valence-corrected chi connectivity index (χ4v) is 2.64. The minimum Gasteiger partial charge on any atom is -0.468 e. The standard InChI is InChI=1S/C10H12N2O4S2/c1-16-9(13)6-12-18(14,15)8-5-3-2-4-7(8)10(11)17/h2-5,12H,6H2,1H3,(H2,11,17). The molecule has 0 aliphatic heterocycles. The molecule has 0 spiro atoms. The molecule has 0 radical (unpaired) electrons. The summed E-state index contributed by atoms with van der Waals surface area (Å²) < 4.78 is 30.3. The summed E-state index contributed by atoms with van der Waals surface area (Å²) in [4.78, 5) is 10.8. The number of benzene rings is 1. The average Bonchev–Trinajstić information content (AvgIpc) is 2.36. The third-order valence-corrected chi connectivity index (χ3v) is 3.76. The molecule has 3 N–H and O–H groups in total. The van der Waals surface area contributed by atoms with E-state index in [1.54, 1.807) is 6.07 Å². The Bertz CT molecular complexity index is 569. The third-order valence-electron chi connectivity index (χ3n) is 2.08. The topological polar surface area (TPSA) is 98.5 Å². The van der Waals surface area contributed by atoms with Crippen molar-refractivity contribution in [2.75, 3.05) is 13.7 Å². The molecule has 98 valence electrons. The van der Waals surface area contributed by atoms with Crippen molar-refractivity contribution in [1.29, 1.82) is 0 Å². The highest BCUT2D eigenvalue weighted by Gasteiger charge is 2.20. The molecule has 0 aromatic heterocycles. The zero-order valence-corrected chi connectivity index (χ0v) is 11.2. The quantitative estimate of drug-likeness (QED) is 0.574. The molecule has 1 aromatic rings. The smallest absolute Gasteiger partial charge is 0.320 e. The SMILES string of the molecule is COC(=O)CNS(=O)(=O)c1ccccc1C(N)=S. The van der Waals surface area contributed by atoms with Crippen molar-refractivity contribution in [2.24, 2.45) is 5.73 Å². The van der Waals surface area contributed by atoms with Crippen LogP contribution in [0.2, 0.25) is 0 Å². The summed E-state index contributed by atoms with van der Waals surface area (Å²) in [6, 6.07) is 6.01. The Labute approximate surface area is 110 Å². The summed E-state index contributed by atoms with van der Waals surface area (Å²) in [5, 5.41) is 0. The summed E-state index contributed by atoms with van der Waals surface area (Å²) >= 11 is 4.77. The molecule has 0 atom stereocenters. The molecule has 8 heteroatoms. The molecular formula is C10H12N2O4S2. The normalized spacial score (nSPS) is 10.9. The van der Waals surface area contributed by atoms with E-state index in [1.807, 2.05) is 0 Å². The lowest BCUT2D eigenvalue weighted by molar-refractivity contribution is -0.139. The van der Waals surface area contributed by atoms with E-state index in [0.29, 0.717) is 0 Å². The van der Waals surface area contributed by atoms with Gasteiger partial charge in [-0.05, 0) is 6.07 Å². The van der Waals surface area contributed by atoms with Gasteiger partial charge in [0.1, 0.15) is 11.5 Å². The maximum absolute atomic E-state index is 11.9. The third kappa shape index (κ3) is 3.49. The van der Waals surface area contributed by atoms with E-state index in [4.69, 9.17) is 18.0 Å². The molecule has 1 rings (SSSR count). The first-order valence-electron chi connectivity index (χ1n) is 4.84. The highest BCUT2D eigenvalue weighted by atomic mass is 32.2. The van der Waals surface area contributed by atoms with Crippen LogP contribution in [-0.2, 0) is 19.6 Å². The lowest BCUT2D eigenvalue weighted by Crippen LogP contribution is -2.31. The molecular weight excluding hydrogens is 276 g/mol. The van der Waals surface area contributed by atoms with E-state index in [0.717, 1.165) is 0 Å². The fourth-order valence-electron chi connectivity index (χ4n) is 1.21. The molecule has 0 saturated carbocycles. The minimum atomic E-state index is -3.86. The average molecular weight is 288 g/mol. The minimum absolute atomic E-state index is 0.0333. The predicted molar refractivity (Wildman–Crippen MR) is 69.5 cm³/mol. The van der Waals surface area contributed by atoms with Crippen LogP contribution in [0, 0.1) is 0 Å². The number of carbonyl (C=O) groups is 1. The van der Waals surface area contributed by atoms with E-state index in [-0.39, 0.29) is 15.4 Å². The number of ether oxygens (including phenoxy) is 1. The summed E-state index contributed by atoms with van der Waals surface area (Å²) in [7, 11) is -2.69. The molecule has 18 heavy (non-hydrogen) atoms. The van der Waals surface area contributed by atoms with Crippen molar-refractivity contribution in [3.05, 3.63) is 29.8 Å². The highest BCUT2D eigenvalue weighted by Crippen LogP contribution is 2.14. The summed E-state index contributed by atoms with van der Waals surface area (Å²) in [5.41, 5.74) is 5.67. The zero-order valence-electron chi connectivity index (χ0n) is 9.54. The van der Waals surface area contributed by atoms with Gasteiger partial charge in [0.05, 0.1) is 12.0 Å².